The lowest BCUT2D eigenvalue weighted by molar-refractivity contribution is 0.00898. The van der Waals surface area contributed by atoms with Gasteiger partial charge in [0.2, 0.25) is 0 Å². The maximum Gasteiger partial charge on any atom is 0.410 e. The van der Waals surface area contributed by atoms with Gasteiger partial charge in [0, 0.05) is 37.0 Å². The number of amides is 1. The molecular formula is C23H35N5O2. The van der Waals surface area contributed by atoms with Crippen molar-refractivity contribution >= 4 is 17.6 Å². The van der Waals surface area contributed by atoms with E-state index in [9.17, 15) is 4.79 Å². The molecule has 0 N–H and O–H groups in total. The van der Waals surface area contributed by atoms with Gasteiger partial charge in [-0.1, -0.05) is 0 Å². The van der Waals surface area contributed by atoms with Crippen molar-refractivity contribution in [3.63, 3.8) is 0 Å². The number of fused-ring (bicyclic) bond motifs is 1. The number of ether oxygens (including phenoxy) is 1. The van der Waals surface area contributed by atoms with Crippen LogP contribution in [0.3, 0.4) is 0 Å². The van der Waals surface area contributed by atoms with Gasteiger partial charge in [0.25, 0.3) is 0 Å². The number of piperidine rings is 2. The van der Waals surface area contributed by atoms with E-state index in [1.165, 1.54) is 24.8 Å². The molecule has 4 rings (SSSR count). The van der Waals surface area contributed by atoms with Crippen molar-refractivity contribution in [3.8, 4) is 0 Å². The molecule has 7 heteroatoms. The van der Waals surface area contributed by atoms with Gasteiger partial charge in [-0.25, -0.2) is 9.78 Å². The molecule has 1 unspecified atom stereocenters. The predicted molar refractivity (Wildman–Crippen MR) is 118 cm³/mol. The van der Waals surface area contributed by atoms with Crippen LogP contribution in [0.5, 0.6) is 0 Å². The van der Waals surface area contributed by atoms with E-state index in [0.29, 0.717) is 6.54 Å². The molecule has 2 aliphatic heterocycles. The summed E-state index contributed by atoms with van der Waals surface area (Å²) in [6, 6.07) is 2.00. The van der Waals surface area contributed by atoms with Crippen LogP contribution in [0.2, 0.25) is 0 Å². The van der Waals surface area contributed by atoms with Gasteiger partial charge < -0.3 is 9.64 Å². The summed E-state index contributed by atoms with van der Waals surface area (Å²) in [6.45, 7) is 12.8. The van der Waals surface area contributed by atoms with Crippen molar-refractivity contribution in [1.82, 2.24) is 19.5 Å². The molecule has 0 aliphatic carbocycles. The SMILES string of the molecule is Cc1nc2cc(C3CCCCN3C(=O)OC(C)(C)C)nn2c(N2CCCCC2)c1C. The smallest absolute Gasteiger partial charge is 0.410 e. The molecule has 2 aromatic rings. The number of likely N-dealkylation sites (tertiary alicyclic amines) is 1. The van der Waals surface area contributed by atoms with E-state index in [1.54, 1.807) is 0 Å². The maximum atomic E-state index is 12.9. The topological polar surface area (TPSA) is 63.0 Å². The summed E-state index contributed by atoms with van der Waals surface area (Å²) in [6.07, 6.45) is 6.46. The number of rotatable bonds is 2. The van der Waals surface area contributed by atoms with Gasteiger partial charge in [-0.2, -0.15) is 9.61 Å². The first-order valence-corrected chi connectivity index (χ1v) is 11.4. The Labute approximate surface area is 179 Å². The lowest BCUT2D eigenvalue weighted by Crippen LogP contribution is -2.42. The van der Waals surface area contributed by atoms with Gasteiger partial charge in [-0.05, 0) is 73.1 Å². The summed E-state index contributed by atoms with van der Waals surface area (Å²) in [5.41, 5.74) is 3.50. The minimum absolute atomic E-state index is 0.0647. The predicted octanol–water partition coefficient (Wildman–Crippen LogP) is 4.80. The van der Waals surface area contributed by atoms with Crippen molar-refractivity contribution in [2.24, 2.45) is 0 Å². The highest BCUT2D eigenvalue weighted by Crippen LogP contribution is 2.34. The molecule has 1 atom stereocenters. The molecule has 7 nitrogen and oxygen atoms in total. The first kappa shape index (κ1) is 20.9. The molecule has 30 heavy (non-hydrogen) atoms. The van der Waals surface area contributed by atoms with Gasteiger partial charge in [0.15, 0.2) is 5.65 Å². The maximum absolute atomic E-state index is 12.9. The van der Waals surface area contributed by atoms with E-state index in [-0.39, 0.29) is 12.1 Å². The standard InChI is InChI=1S/C23H35N5O2/c1-16-17(2)24-20-15-18(25-28(20)21(16)26-12-8-6-9-13-26)19-11-7-10-14-27(19)22(29)30-23(3,4)5/h15,19H,6-14H2,1-5H3. The summed E-state index contributed by atoms with van der Waals surface area (Å²) in [4.78, 5) is 22.0. The van der Waals surface area contributed by atoms with Crippen molar-refractivity contribution in [2.75, 3.05) is 24.5 Å². The molecule has 0 bridgehead atoms. The van der Waals surface area contributed by atoms with E-state index >= 15 is 0 Å². The van der Waals surface area contributed by atoms with E-state index in [2.05, 4.69) is 24.8 Å². The number of carbonyl (C=O) groups is 1. The lowest BCUT2D eigenvalue weighted by Gasteiger charge is -2.35. The number of nitrogens with zero attached hydrogens (tertiary/aromatic N) is 5. The van der Waals surface area contributed by atoms with E-state index in [0.717, 1.165) is 55.2 Å². The fourth-order valence-corrected chi connectivity index (χ4v) is 4.62. The number of hydrogen-bond donors (Lipinski definition) is 0. The van der Waals surface area contributed by atoms with Crippen molar-refractivity contribution < 1.29 is 9.53 Å². The number of carbonyl (C=O) groups excluding carboxylic acids is 1. The minimum atomic E-state index is -0.505. The Bertz CT molecular complexity index is 924. The molecule has 2 fully saturated rings. The first-order chi connectivity index (χ1) is 14.2. The molecule has 2 saturated heterocycles. The minimum Gasteiger partial charge on any atom is -0.444 e. The van der Waals surface area contributed by atoms with Gasteiger partial charge in [-0.15, -0.1) is 0 Å². The normalized spacial score (nSPS) is 20.6. The second kappa shape index (κ2) is 8.08. The first-order valence-electron chi connectivity index (χ1n) is 11.4. The van der Waals surface area contributed by atoms with E-state index in [4.69, 9.17) is 14.8 Å². The van der Waals surface area contributed by atoms with Crippen LogP contribution >= 0.6 is 0 Å². The molecule has 0 spiro atoms. The monoisotopic (exact) mass is 413 g/mol. The second-order valence-electron chi connectivity index (χ2n) is 9.72. The van der Waals surface area contributed by atoms with Gasteiger partial charge in [0.05, 0.1) is 11.7 Å². The molecule has 4 heterocycles. The molecule has 0 radical (unpaired) electrons. The van der Waals surface area contributed by atoms with E-state index in [1.807, 2.05) is 30.2 Å². The summed E-state index contributed by atoms with van der Waals surface area (Å²) in [7, 11) is 0. The van der Waals surface area contributed by atoms with Crippen LogP contribution in [0.25, 0.3) is 5.65 Å². The fourth-order valence-electron chi connectivity index (χ4n) is 4.62. The molecule has 0 aromatic carbocycles. The van der Waals surface area contributed by atoms with Crippen molar-refractivity contribution in [3.05, 3.63) is 23.0 Å². The Morgan fingerprint density at radius 3 is 2.47 bits per heavy atom. The third-order valence-electron chi connectivity index (χ3n) is 6.20. The molecule has 1 amide bonds. The Morgan fingerprint density at radius 2 is 1.77 bits per heavy atom. The molecule has 2 aromatic heterocycles. The highest BCUT2D eigenvalue weighted by atomic mass is 16.6. The van der Waals surface area contributed by atoms with Crippen LogP contribution < -0.4 is 4.90 Å². The highest BCUT2D eigenvalue weighted by Gasteiger charge is 2.33. The fraction of sp³-hybridized carbons (Fsp3) is 0.696. The second-order valence-corrected chi connectivity index (χ2v) is 9.72. The van der Waals surface area contributed by atoms with Crippen molar-refractivity contribution in [2.45, 2.75) is 84.8 Å². The average Bonchev–Trinajstić information content (AvgIpc) is 3.11. The zero-order chi connectivity index (χ0) is 21.5. The summed E-state index contributed by atoms with van der Waals surface area (Å²) in [5.74, 6) is 1.16. The molecule has 0 saturated carbocycles. The molecular weight excluding hydrogens is 378 g/mol. The third kappa shape index (κ3) is 4.12. The molecule has 164 valence electrons. The number of aromatic nitrogens is 3. The molecule has 2 aliphatic rings. The number of aryl methyl sites for hydroxylation is 1. The van der Waals surface area contributed by atoms with Crippen LogP contribution in [-0.2, 0) is 4.74 Å². The van der Waals surface area contributed by atoms with Crippen LogP contribution in [0.15, 0.2) is 6.07 Å². The number of anilines is 1. The Hall–Kier alpha value is -2.31. The van der Waals surface area contributed by atoms with E-state index < -0.39 is 5.60 Å². The van der Waals surface area contributed by atoms with Crippen LogP contribution in [-0.4, -0.2) is 50.8 Å². The zero-order valence-electron chi connectivity index (χ0n) is 19.1. The number of hydrogen-bond acceptors (Lipinski definition) is 5. The van der Waals surface area contributed by atoms with Crippen LogP contribution in [0.1, 0.15) is 82.3 Å². The quantitative estimate of drug-likeness (QED) is 0.708. The Morgan fingerprint density at radius 1 is 1.07 bits per heavy atom. The summed E-state index contributed by atoms with van der Waals surface area (Å²) >= 11 is 0. The van der Waals surface area contributed by atoms with Gasteiger partial charge in [-0.3, -0.25) is 4.90 Å². The summed E-state index contributed by atoms with van der Waals surface area (Å²) in [5, 5.41) is 5.01. The average molecular weight is 414 g/mol. The van der Waals surface area contributed by atoms with Crippen LogP contribution in [0, 0.1) is 13.8 Å². The Kier molecular flexibility index (Phi) is 5.64. The lowest BCUT2D eigenvalue weighted by atomic mass is 10.00. The third-order valence-corrected chi connectivity index (χ3v) is 6.20. The van der Waals surface area contributed by atoms with Gasteiger partial charge in [0.1, 0.15) is 11.4 Å². The zero-order valence-corrected chi connectivity index (χ0v) is 19.1. The van der Waals surface area contributed by atoms with Crippen LogP contribution in [0.4, 0.5) is 10.6 Å². The van der Waals surface area contributed by atoms with Crippen molar-refractivity contribution in [1.29, 1.82) is 0 Å². The highest BCUT2D eigenvalue weighted by molar-refractivity contribution is 5.69. The summed E-state index contributed by atoms with van der Waals surface area (Å²) < 4.78 is 7.69. The van der Waals surface area contributed by atoms with Gasteiger partial charge >= 0.3 is 6.09 Å². The largest absolute Gasteiger partial charge is 0.444 e. The Balaban J connectivity index is 1.72.